The van der Waals surface area contributed by atoms with Crippen LogP contribution in [-0.4, -0.2) is 38.3 Å². The van der Waals surface area contributed by atoms with Gasteiger partial charge in [0.25, 0.3) is 5.91 Å². The number of nitrogens with zero attached hydrogens (tertiary/aromatic N) is 1. The minimum absolute atomic E-state index is 0.0439. The molecule has 1 aliphatic rings. The normalized spacial score (nSPS) is 15.1. The number of hydrogen-bond donors (Lipinski definition) is 1. The Bertz CT molecular complexity index is 1010. The van der Waals surface area contributed by atoms with Crippen molar-refractivity contribution in [3.05, 3.63) is 52.8 Å². The Morgan fingerprint density at radius 3 is 2.55 bits per heavy atom. The van der Waals surface area contributed by atoms with E-state index in [0.29, 0.717) is 25.4 Å². The number of benzene rings is 2. The van der Waals surface area contributed by atoms with Gasteiger partial charge < -0.3 is 10.1 Å². The lowest BCUT2D eigenvalue weighted by molar-refractivity contribution is 0.102. The molecule has 1 saturated heterocycles. The Morgan fingerprint density at radius 2 is 1.90 bits per heavy atom. The molecule has 29 heavy (non-hydrogen) atoms. The van der Waals surface area contributed by atoms with Crippen LogP contribution in [0.4, 0.5) is 10.1 Å². The average Bonchev–Trinajstić information content (AvgIpc) is 2.70. The van der Waals surface area contributed by atoms with Gasteiger partial charge in [-0.3, -0.25) is 4.79 Å². The zero-order valence-electron chi connectivity index (χ0n) is 16.0. The Kier molecular flexibility index (Phi) is 6.77. The van der Waals surface area contributed by atoms with Gasteiger partial charge in [0.1, 0.15) is 11.6 Å². The topological polar surface area (TPSA) is 75.7 Å². The molecule has 0 unspecified atom stereocenters. The molecule has 2 aromatic rings. The molecule has 1 N–H and O–H groups in total. The summed E-state index contributed by atoms with van der Waals surface area (Å²) in [6, 6.07) is 7.79. The van der Waals surface area contributed by atoms with Crippen LogP contribution in [0.2, 0.25) is 5.02 Å². The van der Waals surface area contributed by atoms with E-state index >= 15 is 0 Å². The standard InChI is InChI=1S/C20H22ClFN2O4S/c1-2-28-19-9-7-15(29(26,27)24-10-4-3-5-11-24)13-18(19)23-20(25)16-8-6-14(22)12-17(16)21/h6-9,12-13H,2-5,10-11H2,1H3,(H,23,25). The number of halogens is 2. The quantitative estimate of drug-likeness (QED) is 0.726. The minimum atomic E-state index is -3.68. The Morgan fingerprint density at radius 1 is 1.17 bits per heavy atom. The van der Waals surface area contributed by atoms with Gasteiger partial charge >= 0.3 is 0 Å². The molecule has 2 aromatic carbocycles. The molecular weight excluding hydrogens is 419 g/mol. The maximum absolute atomic E-state index is 13.3. The van der Waals surface area contributed by atoms with Gasteiger partial charge in [-0.1, -0.05) is 18.0 Å². The van der Waals surface area contributed by atoms with Gasteiger partial charge in [-0.25, -0.2) is 12.8 Å². The zero-order valence-corrected chi connectivity index (χ0v) is 17.5. The Hall–Kier alpha value is -2.16. The van der Waals surface area contributed by atoms with E-state index in [1.165, 1.54) is 28.6 Å². The van der Waals surface area contributed by atoms with E-state index in [-0.39, 0.29) is 21.2 Å². The summed E-state index contributed by atoms with van der Waals surface area (Å²) in [6.07, 6.45) is 2.65. The number of piperidine rings is 1. The van der Waals surface area contributed by atoms with Crippen molar-refractivity contribution < 1.29 is 22.3 Å². The van der Waals surface area contributed by atoms with E-state index in [4.69, 9.17) is 16.3 Å². The lowest BCUT2D eigenvalue weighted by Crippen LogP contribution is -2.35. The molecule has 1 aliphatic heterocycles. The molecule has 0 atom stereocenters. The highest BCUT2D eigenvalue weighted by Crippen LogP contribution is 2.31. The molecule has 9 heteroatoms. The van der Waals surface area contributed by atoms with Gasteiger partial charge in [0.15, 0.2) is 0 Å². The van der Waals surface area contributed by atoms with Crippen molar-refractivity contribution in [2.75, 3.05) is 25.0 Å². The van der Waals surface area contributed by atoms with Gasteiger partial charge in [-0.15, -0.1) is 0 Å². The Balaban J connectivity index is 1.93. The van der Waals surface area contributed by atoms with Crippen molar-refractivity contribution in [3.8, 4) is 5.75 Å². The number of nitrogens with one attached hydrogen (secondary N) is 1. The minimum Gasteiger partial charge on any atom is -0.492 e. The number of hydrogen-bond acceptors (Lipinski definition) is 4. The summed E-state index contributed by atoms with van der Waals surface area (Å²) >= 11 is 5.96. The van der Waals surface area contributed by atoms with Crippen molar-refractivity contribution in [1.82, 2.24) is 4.31 Å². The highest BCUT2D eigenvalue weighted by molar-refractivity contribution is 7.89. The van der Waals surface area contributed by atoms with Gasteiger partial charge in [0.05, 0.1) is 27.8 Å². The van der Waals surface area contributed by atoms with Gasteiger partial charge in [0.2, 0.25) is 10.0 Å². The van der Waals surface area contributed by atoms with Crippen molar-refractivity contribution >= 4 is 33.2 Å². The lowest BCUT2D eigenvalue weighted by Gasteiger charge is -2.26. The van der Waals surface area contributed by atoms with Crippen LogP contribution in [0, 0.1) is 5.82 Å². The second-order valence-electron chi connectivity index (χ2n) is 6.63. The third kappa shape index (κ3) is 4.88. The number of rotatable bonds is 6. The summed E-state index contributed by atoms with van der Waals surface area (Å²) in [5, 5.41) is 2.59. The molecule has 1 fully saturated rings. The van der Waals surface area contributed by atoms with Crippen LogP contribution in [0.3, 0.4) is 0 Å². The smallest absolute Gasteiger partial charge is 0.257 e. The Labute approximate surface area is 174 Å². The van der Waals surface area contributed by atoms with E-state index in [2.05, 4.69) is 5.32 Å². The first-order chi connectivity index (χ1) is 13.8. The predicted octanol–water partition coefficient (Wildman–Crippen LogP) is 4.30. The molecule has 156 valence electrons. The summed E-state index contributed by atoms with van der Waals surface area (Å²) < 4.78 is 46.2. The van der Waals surface area contributed by atoms with Crippen molar-refractivity contribution in [2.24, 2.45) is 0 Å². The van der Waals surface area contributed by atoms with Crippen molar-refractivity contribution in [2.45, 2.75) is 31.1 Å². The van der Waals surface area contributed by atoms with Crippen LogP contribution < -0.4 is 10.1 Å². The second kappa shape index (κ2) is 9.11. The summed E-state index contributed by atoms with van der Waals surface area (Å²) in [6.45, 7) is 3.06. The van der Waals surface area contributed by atoms with Crippen LogP contribution in [0.25, 0.3) is 0 Å². The molecule has 0 aromatic heterocycles. The van der Waals surface area contributed by atoms with Gasteiger partial charge in [-0.05, 0) is 56.2 Å². The lowest BCUT2D eigenvalue weighted by atomic mass is 10.2. The van der Waals surface area contributed by atoms with Crippen LogP contribution in [-0.2, 0) is 10.0 Å². The van der Waals surface area contributed by atoms with E-state index in [1.807, 2.05) is 0 Å². The second-order valence-corrected chi connectivity index (χ2v) is 8.98. The highest BCUT2D eigenvalue weighted by atomic mass is 35.5. The maximum atomic E-state index is 13.3. The van der Waals surface area contributed by atoms with E-state index in [9.17, 15) is 17.6 Å². The van der Waals surface area contributed by atoms with E-state index in [0.717, 1.165) is 31.4 Å². The van der Waals surface area contributed by atoms with Crippen molar-refractivity contribution in [3.63, 3.8) is 0 Å². The van der Waals surface area contributed by atoms with Gasteiger partial charge in [-0.2, -0.15) is 4.31 Å². The third-order valence-corrected chi connectivity index (χ3v) is 6.83. The first-order valence-corrected chi connectivity index (χ1v) is 11.2. The van der Waals surface area contributed by atoms with Crippen molar-refractivity contribution in [1.29, 1.82) is 0 Å². The number of carbonyl (C=O) groups excluding carboxylic acids is 1. The van der Waals surface area contributed by atoms with Crippen LogP contribution in [0.5, 0.6) is 5.75 Å². The fraction of sp³-hybridized carbons (Fsp3) is 0.350. The summed E-state index contributed by atoms with van der Waals surface area (Å²) in [7, 11) is -3.68. The van der Waals surface area contributed by atoms with Gasteiger partial charge in [0, 0.05) is 13.1 Å². The number of ether oxygens (including phenoxy) is 1. The number of sulfonamides is 1. The SMILES string of the molecule is CCOc1ccc(S(=O)(=O)N2CCCCC2)cc1NC(=O)c1ccc(F)cc1Cl. The summed E-state index contributed by atoms with van der Waals surface area (Å²) in [5.74, 6) is -0.823. The molecule has 0 spiro atoms. The van der Waals surface area contributed by atoms with E-state index < -0.39 is 21.7 Å². The fourth-order valence-electron chi connectivity index (χ4n) is 3.17. The molecule has 1 heterocycles. The molecule has 0 radical (unpaired) electrons. The molecule has 3 rings (SSSR count). The van der Waals surface area contributed by atoms with Crippen LogP contribution >= 0.6 is 11.6 Å². The largest absolute Gasteiger partial charge is 0.492 e. The first-order valence-electron chi connectivity index (χ1n) is 9.36. The van der Waals surface area contributed by atoms with Crippen LogP contribution in [0.1, 0.15) is 36.5 Å². The molecule has 0 bridgehead atoms. The monoisotopic (exact) mass is 440 g/mol. The molecule has 0 saturated carbocycles. The molecular formula is C20H22ClFN2O4S. The summed E-state index contributed by atoms with van der Waals surface area (Å²) in [5.41, 5.74) is 0.273. The number of carbonyl (C=O) groups is 1. The number of anilines is 1. The first kappa shape index (κ1) is 21.5. The predicted molar refractivity (Wildman–Crippen MR) is 110 cm³/mol. The maximum Gasteiger partial charge on any atom is 0.257 e. The van der Waals surface area contributed by atoms with E-state index in [1.54, 1.807) is 6.92 Å². The highest BCUT2D eigenvalue weighted by Gasteiger charge is 2.27. The molecule has 6 nitrogen and oxygen atoms in total. The number of amides is 1. The molecule has 0 aliphatic carbocycles. The average molecular weight is 441 g/mol. The fourth-order valence-corrected chi connectivity index (χ4v) is 4.96. The van der Waals surface area contributed by atoms with Crippen LogP contribution in [0.15, 0.2) is 41.3 Å². The zero-order chi connectivity index (χ0) is 21.0. The molecule has 1 amide bonds. The third-order valence-electron chi connectivity index (χ3n) is 4.63. The summed E-state index contributed by atoms with van der Waals surface area (Å²) in [4.78, 5) is 12.7.